The maximum absolute atomic E-state index is 12.0. The molecule has 154 valence electrons. The largest absolute Gasteiger partial charge is 0.379 e. The molecule has 0 bridgehead atoms. The Morgan fingerprint density at radius 2 is 1.96 bits per heavy atom. The molecule has 2 rings (SSSR count). The van der Waals surface area contributed by atoms with Gasteiger partial charge in [0, 0.05) is 33.3 Å². The lowest BCUT2D eigenvalue weighted by atomic mass is 9.86. The Morgan fingerprint density at radius 3 is 2.54 bits per heavy atom. The Hall–Kier alpha value is -0.130. The van der Waals surface area contributed by atoms with Crippen molar-refractivity contribution in [3.8, 4) is 0 Å². The van der Waals surface area contributed by atoms with Crippen molar-refractivity contribution >= 4 is 40.0 Å². The van der Waals surface area contributed by atoms with Crippen LogP contribution in [0.3, 0.4) is 0 Å². The number of nitrogens with zero attached hydrogens (tertiary/aromatic N) is 2. The molecule has 0 radical (unpaired) electrons. The van der Waals surface area contributed by atoms with Crippen LogP contribution >= 0.6 is 24.0 Å². The maximum atomic E-state index is 12.0. The van der Waals surface area contributed by atoms with E-state index in [-0.39, 0.29) is 36.3 Å². The highest BCUT2D eigenvalue weighted by molar-refractivity contribution is 14.0. The van der Waals surface area contributed by atoms with E-state index >= 15 is 0 Å². The molecule has 2 N–H and O–H groups in total. The van der Waals surface area contributed by atoms with Crippen LogP contribution in [0.15, 0.2) is 4.99 Å². The van der Waals surface area contributed by atoms with Crippen LogP contribution in [-0.4, -0.2) is 71.5 Å². The summed E-state index contributed by atoms with van der Waals surface area (Å²) in [5, 5.41) is 3.20. The first-order chi connectivity index (χ1) is 12.0. The summed E-state index contributed by atoms with van der Waals surface area (Å²) in [6.45, 7) is 5.85. The van der Waals surface area contributed by atoms with E-state index in [9.17, 15) is 8.42 Å². The number of hydrogen-bond acceptors (Lipinski definition) is 4. The lowest BCUT2D eigenvalue weighted by molar-refractivity contribution is 0.115. The highest BCUT2D eigenvalue weighted by atomic mass is 127. The molecule has 0 heterocycles. The third kappa shape index (κ3) is 9.70. The molecule has 0 aromatic carbocycles. The Morgan fingerprint density at radius 1 is 1.23 bits per heavy atom. The molecule has 0 aliphatic heterocycles. The number of hydrogen-bond donors (Lipinski definition) is 2. The minimum atomic E-state index is -3.24. The molecule has 9 heteroatoms. The molecule has 0 amide bonds. The van der Waals surface area contributed by atoms with Crippen LogP contribution < -0.4 is 10.0 Å². The third-order valence-electron chi connectivity index (χ3n) is 4.76. The van der Waals surface area contributed by atoms with Crippen molar-refractivity contribution in [1.29, 1.82) is 0 Å². The summed E-state index contributed by atoms with van der Waals surface area (Å²) in [6.07, 6.45) is 6.09. The van der Waals surface area contributed by atoms with E-state index in [1.165, 1.54) is 19.3 Å². The van der Waals surface area contributed by atoms with Gasteiger partial charge in [0.05, 0.1) is 18.9 Å². The molecule has 2 aliphatic rings. The molecule has 0 aromatic heterocycles. The number of rotatable bonds is 12. The van der Waals surface area contributed by atoms with Gasteiger partial charge >= 0.3 is 0 Å². The predicted octanol–water partition coefficient (Wildman–Crippen LogP) is 1.65. The molecule has 7 nitrogen and oxygen atoms in total. The van der Waals surface area contributed by atoms with E-state index in [2.05, 4.69) is 15.0 Å². The van der Waals surface area contributed by atoms with Crippen LogP contribution in [0, 0.1) is 11.8 Å². The van der Waals surface area contributed by atoms with Gasteiger partial charge < -0.3 is 15.0 Å². The lowest BCUT2D eigenvalue weighted by Crippen LogP contribution is -2.41. The summed E-state index contributed by atoms with van der Waals surface area (Å²) in [7, 11) is -1.29. The van der Waals surface area contributed by atoms with Gasteiger partial charge in [-0.05, 0) is 44.4 Å². The fourth-order valence-electron chi connectivity index (χ4n) is 2.60. The molecule has 0 spiro atoms. The second kappa shape index (κ2) is 12.4. The number of sulfonamides is 1. The monoisotopic (exact) mass is 502 g/mol. The molecular formula is C17H35IN4O3S. The summed E-state index contributed by atoms with van der Waals surface area (Å²) in [5.74, 6) is 2.05. The molecule has 26 heavy (non-hydrogen) atoms. The van der Waals surface area contributed by atoms with Crippen molar-refractivity contribution in [1.82, 2.24) is 14.9 Å². The van der Waals surface area contributed by atoms with Crippen LogP contribution in [0.2, 0.25) is 0 Å². The molecule has 0 saturated heterocycles. The van der Waals surface area contributed by atoms with Gasteiger partial charge in [0.15, 0.2) is 5.96 Å². The van der Waals surface area contributed by atoms with Crippen molar-refractivity contribution in [2.45, 2.75) is 39.0 Å². The van der Waals surface area contributed by atoms with Gasteiger partial charge in [-0.1, -0.05) is 6.42 Å². The Labute approximate surface area is 175 Å². The molecule has 0 atom stereocenters. The summed E-state index contributed by atoms with van der Waals surface area (Å²) in [5.41, 5.74) is 0. The second-order valence-electron chi connectivity index (χ2n) is 7.14. The molecular weight excluding hydrogens is 467 g/mol. The van der Waals surface area contributed by atoms with Gasteiger partial charge in [0.1, 0.15) is 0 Å². The molecule has 2 fully saturated rings. The third-order valence-corrected chi connectivity index (χ3v) is 6.08. The minimum Gasteiger partial charge on any atom is -0.379 e. The standard InChI is InChI=1S/C17H34N4O3S.HI/c1-3-18-17(21(2)10-11-24-14-16-7-8-16)19-9-12-25(22,23)20-13-15-5-4-6-15;/h15-16,20H,3-14H2,1-2H3,(H,18,19);1H. The van der Waals surface area contributed by atoms with E-state index in [0.717, 1.165) is 44.4 Å². The van der Waals surface area contributed by atoms with Crippen molar-refractivity contribution in [2.75, 3.05) is 52.2 Å². The van der Waals surface area contributed by atoms with Crippen molar-refractivity contribution in [2.24, 2.45) is 16.8 Å². The fraction of sp³-hybridized carbons (Fsp3) is 0.941. The van der Waals surface area contributed by atoms with E-state index in [0.29, 0.717) is 19.1 Å². The smallest absolute Gasteiger partial charge is 0.213 e. The fourth-order valence-corrected chi connectivity index (χ4v) is 3.56. The zero-order valence-corrected chi connectivity index (χ0v) is 19.2. The maximum Gasteiger partial charge on any atom is 0.213 e. The number of nitrogens with one attached hydrogen (secondary N) is 2. The van der Waals surface area contributed by atoms with Crippen LogP contribution in [0.4, 0.5) is 0 Å². The van der Waals surface area contributed by atoms with Crippen LogP contribution in [0.5, 0.6) is 0 Å². The van der Waals surface area contributed by atoms with Gasteiger partial charge in [-0.15, -0.1) is 24.0 Å². The highest BCUT2D eigenvalue weighted by Crippen LogP contribution is 2.28. The normalized spacial score (nSPS) is 18.2. The average molecular weight is 502 g/mol. The van der Waals surface area contributed by atoms with Crippen LogP contribution in [-0.2, 0) is 14.8 Å². The van der Waals surface area contributed by atoms with E-state index in [1.807, 2.05) is 18.9 Å². The summed E-state index contributed by atoms with van der Waals surface area (Å²) < 4.78 is 32.4. The van der Waals surface area contributed by atoms with E-state index in [1.54, 1.807) is 0 Å². The van der Waals surface area contributed by atoms with Crippen molar-refractivity contribution in [3.05, 3.63) is 0 Å². The van der Waals surface area contributed by atoms with Gasteiger partial charge in [-0.25, -0.2) is 13.1 Å². The van der Waals surface area contributed by atoms with Gasteiger partial charge in [0.25, 0.3) is 0 Å². The summed E-state index contributed by atoms with van der Waals surface area (Å²) >= 11 is 0. The number of likely N-dealkylation sites (N-methyl/N-ethyl adjacent to an activating group) is 1. The average Bonchev–Trinajstić information content (AvgIpc) is 3.33. The number of guanidine groups is 1. The topological polar surface area (TPSA) is 83.0 Å². The van der Waals surface area contributed by atoms with Gasteiger partial charge in [-0.3, -0.25) is 4.99 Å². The summed E-state index contributed by atoms with van der Waals surface area (Å²) in [6, 6.07) is 0. The number of halogens is 1. The second-order valence-corrected chi connectivity index (χ2v) is 9.07. The lowest BCUT2D eigenvalue weighted by Gasteiger charge is -2.25. The quantitative estimate of drug-likeness (QED) is 0.184. The first kappa shape index (κ1) is 23.9. The van der Waals surface area contributed by atoms with Crippen LogP contribution in [0.1, 0.15) is 39.0 Å². The predicted molar refractivity (Wildman–Crippen MR) is 117 cm³/mol. The molecule has 2 aliphatic carbocycles. The zero-order valence-electron chi connectivity index (χ0n) is 16.1. The number of ether oxygens (including phenoxy) is 1. The SMILES string of the molecule is CCNC(=NCCS(=O)(=O)NCC1CCC1)N(C)CCOCC1CC1.I. The van der Waals surface area contributed by atoms with Crippen LogP contribution in [0.25, 0.3) is 0 Å². The highest BCUT2D eigenvalue weighted by Gasteiger charge is 2.21. The van der Waals surface area contributed by atoms with Crippen molar-refractivity contribution in [3.63, 3.8) is 0 Å². The van der Waals surface area contributed by atoms with E-state index < -0.39 is 10.0 Å². The Kier molecular flexibility index (Phi) is 11.4. The first-order valence-electron chi connectivity index (χ1n) is 9.54. The Balaban J connectivity index is 0.00000338. The number of aliphatic imine (C=N–C) groups is 1. The Bertz CT molecular complexity index is 522. The summed E-state index contributed by atoms with van der Waals surface area (Å²) in [4.78, 5) is 6.43. The molecule has 0 unspecified atom stereocenters. The van der Waals surface area contributed by atoms with Gasteiger partial charge in [0.2, 0.25) is 10.0 Å². The zero-order chi connectivity index (χ0) is 18.1. The molecule has 0 aromatic rings. The van der Waals surface area contributed by atoms with Crippen molar-refractivity contribution < 1.29 is 13.2 Å². The minimum absolute atomic E-state index is 0. The first-order valence-corrected chi connectivity index (χ1v) is 11.2. The van der Waals surface area contributed by atoms with Gasteiger partial charge in [-0.2, -0.15) is 0 Å². The van der Waals surface area contributed by atoms with E-state index in [4.69, 9.17) is 4.74 Å². The molecule has 2 saturated carbocycles.